The topological polar surface area (TPSA) is 90.4 Å². The van der Waals surface area contributed by atoms with Gasteiger partial charge in [0, 0.05) is 17.1 Å². The maximum Gasteiger partial charge on any atom is 0.416 e. The van der Waals surface area contributed by atoms with Crippen LogP contribution in [0.1, 0.15) is 29.7 Å². The quantitative estimate of drug-likeness (QED) is 0.252. The standard InChI is InChI=1S/C25H24F3N3O2/c1-16(31-21-9-5-8-19(14-21)25(26,27)28)22(23(30)18-10-12-20(29)13-11-18)24(32)33-15-17-6-3-2-4-7-17/h2-14,23,31H,15,29-30H2,1H3/b22-16+. The van der Waals surface area contributed by atoms with Gasteiger partial charge in [0.15, 0.2) is 0 Å². The summed E-state index contributed by atoms with van der Waals surface area (Å²) in [6.45, 7) is 1.59. The van der Waals surface area contributed by atoms with Gasteiger partial charge in [-0.3, -0.25) is 0 Å². The molecule has 5 nitrogen and oxygen atoms in total. The highest BCUT2D eigenvalue weighted by Gasteiger charge is 2.30. The lowest BCUT2D eigenvalue weighted by Crippen LogP contribution is -2.24. The average Bonchev–Trinajstić information content (AvgIpc) is 2.78. The van der Waals surface area contributed by atoms with E-state index < -0.39 is 23.8 Å². The van der Waals surface area contributed by atoms with Crippen LogP contribution in [0.5, 0.6) is 0 Å². The van der Waals surface area contributed by atoms with Crippen molar-refractivity contribution in [3.8, 4) is 0 Å². The van der Waals surface area contributed by atoms with Crippen LogP contribution < -0.4 is 16.8 Å². The molecule has 3 rings (SSSR count). The zero-order chi connectivity index (χ0) is 24.0. The minimum absolute atomic E-state index is 0.0223. The molecule has 1 atom stereocenters. The predicted octanol–water partition coefficient (Wildman–Crippen LogP) is 5.42. The van der Waals surface area contributed by atoms with Crippen LogP contribution in [0.25, 0.3) is 0 Å². The number of hydrogen-bond acceptors (Lipinski definition) is 5. The number of carbonyl (C=O) groups is 1. The molecule has 33 heavy (non-hydrogen) atoms. The van der Waals surface area contributed by atoms with E-state index in [2.05, 4.69) is 5.32 Å². The zero-order valence-electron chi connectivity index (χ0n) is 17.9. The second-order valence-electron chi connectivity index (χ2n) is 7.45. The van der Waals surface area contributed by atoms with Crippen molar-refractivity contribution in [1.82, 2.24) is 0 Å². The Morgan fingerprint density at radius 3 is 2.30 bits per heavy atom. The average molecular weight is 455 g/mol. The van der Waals surface area contributed by atoms with E-state index in [1.807, 2.05) is 30.3 Å². The molecule has 0 amide bonds. The van der Waals surface area contributed by atoms with Crippen molar-refractivity contribution in [2.45, 2.75) is 25.7 Å². The lowest BCUT2D eigenvalue weighted by molar-refractivity contribution is -0.140. The molecule has 0 saturated heterocycles. The van der Waals surface area contributed by atoms with Gasteiger partial charge in [-0.05, 0) is 48.4 Å². The first-order chi connectivity index (χ1) is 15.6. The normalized spacial score (nSPS) is 13.1. The molecule has 0 radical (unpaired) electrons. The van der Waals surface area contributed by atoms with Crippen molar-refractivity contribution in [1.29, 1.82) is 0 Å². The van der Waals surface area contributed by atoms with E-state index >= 15 is 0 Å². The molecule has 1 unspecified atom stereocenters. The third kappa shape index (κ3) is 6.36. The van der Waals surface area contributed by atoms with E-state index in [1.165, 1.54) is 12.1 Å². The molecule has 172 valence electrons. The van der Waals surface area contributed by atoms with Crippen molar-refractivity contribution in [3.63, 3.8) is 0 Å². The van der Waals surface area contributed by atoms with Crippen LogP contribution in [-0.2, 0) is 22.3 Å². The number of carbonyl (C=O) groups excluding carboxylic acids is 1. The fourth-order valence-corrected chi connectivity index (χ4v) is 3.24. The Labute approximate surface area is 189 Å². The van der Waals surface area contributed by atoms with Crippen molar-refractivity contribution in [2.24, 2.45) is 5.73 Å². The third-order valence-electron chi connectivity index (χ3n) is 4.96. The van der Waals surface area contributed by atoms with E-state index in [0.717, 1.165) is 17.7 Å². The van der Waals surface area contributed by atoms with E-state index in [9.17, 15) is 18.0 Å². The van der Waals surface area contributed by atoms with Gasteiger partial charge in [-0.1, -0.05) is 48.5 Å². The fourth-order valence-electron chi connectivity index (χ4n) is 3.24. The SMILES string of the molecule is C/C(Nc1cccc(C(F)(F)F)c1)=C(\C(=O)OCc1ccccc1)C(N)c1ccc(N)cc1. The van der Waals surface area contributed by atoms with Crippen LogP contribution in [-0.4, -0.2) is 5.97 Å². The van der Waals surface area contributed by atoms with Gasteiger partial charge >= 0.3 is 12.1 Å². The van der Waals surface area contributed by atoms with Gasteiger partial charge in [0.2, 0.25) is 0 Å². The van der Waals surface area contributed by atoms with Gasteiger partial charge in [-0.15, -0.1) is 0 Å². The zero-order valence-corrected chi connectivity index (χ0v) is 17.9. The van der Waals surface area contributed by atoms with Crippen molar-refractivity contribution >= 4 is 17.3 Å². The first kappa shape index (κ1) is 23.9. The molecule has 0 saturated carbocycles. The number of halogens is 3. The summed E-state index contributed by atoms with van der Waals surface area (Å²) < 4.78 is 44.7. The molecular formula is C25H24F3N3O2. The van der Waals surface area contributed by atoms with Gasteiger partial charge in [0.05, 0.1) is 17.2 Å². The number of allylic oxidation sites excluding steroid dienone is 1. The first-order valence-electron chi connectivity index (χ1n) is 10.1. The van der Waals surface area contributed by atoms with Gasteiger partial charge in [0.25, 0.3) is 0 Å². The van der Waals surface area contributed by atoms with Gasteiger partial charge in [-0.25, -0.2) is 4.79 Å². The molecule has 3 aromatic rings. The van der Waals surface area contributed by atoms with Gasteiger partial charge in [-0.2, -0.15) is 13.2 Å². The Balaban J connectivity index is 1.93. The van der Waals surface area contributed by atoms with E-state index in [4.69, 9.17) is 16.2 Å². The van der Waals surface area contributed by atoms with Crippen LogP contribution in [0.3, 0.4) is 0 Å². The van der Waals surface area contributed by atoms with Gasteiger partial charge in [0.1, 0.15) is 6.61 Å². The number of anilines is 2. The molecule has 0 aliphatic heterocycles. The first-order valence-corrected chi connectivity index (χ1v) is 10.1. The molecule has 0 spiro atoms. The number of esters is 1. The second-order valence-corrected chi connectivity index (χ2v) is 7.45. The Morgan fingerprint density at radius 1 is 1.00 bits per heavy atom. The molecule has 5 N–H and O–H groups in total. The predicted molar refractivity (Wildman–Crippen MR) is 122 cm³/mol. The summed E-state index contributed by atoms with van der Waals surface area (Å²) in [6, 6.07) is 19.6. The van der Waals surface area contributed by atoms with Crippen molar-refractivity contribution in [2.75, 3.05) is 11.1 Å². The van der Waals surface area contributed by atoms with E-state index in [1.54, 1.807) is 31.2 Å². The highest BCUT2D eigenvalue weighted by atomic mass is 19.4. The van der Waals surface area contributed by atoms with Crippen molar-refractivity contribution in [3.05, 3.63) is 107 Å². The number of nitrogens with one attached hydrogen (secondary N) is 1. The number of hydrogen-bond donors (Lipinski definition) is 3. The number of nitrogen functional groups attached to an aromatic ring is 1. The molecule has 0 aliphatic carbocycles. The smallest absolute Gasteiger partial charge is 0.416 e. The minimum atomic E-state index is -4.49. The molecule has 3 aromatic carbocycles. The number of alkyl halides is 3. The number of benzene rings is 3. The van der Waals surface area contributed by atoms with Crippen LogP contribution in [0.2, 0.25) is 0 Å². The molecule has 0 fully saturated rings. The fraction of sp³-hybridized carbons (Fsp3) is 0.160. The Morgan fingerprint density at radius 2 is 1.67 bits per heavy atom. The lowest BCUT2D eigenvalue weighted by atomic mass is 9.97. The summed E-state index contributed by atoms with van der Waals surface area (Å²) in [5.74, 6) is -0.680. The van der Waals surface area contributed by atoms with Crippen molar-refractivity contribution < 1.29 is 22.7 Å². The molecule has 0 bridgehead atoms. The minimum Gasteiger partial charge on any atom is -0.457 e. The molecule has 0 heterocycles. The molecule has 0 aliphatic rings. The number of rotatable bonds is 7. The van der Waals surface area contributed by atoms with Crippen LogP contribution in [0.15, 0.2) is 90.1 Å². The maximum atomic E-state index is 13.1. The summed E-state index contributed by atoms with van der Waals surface area (Å²) in [4.78, 5) is 13.1. The molecule has 8 heteroatoms. The van der Waals surface area contributed by atoms with E-state index in [-0.39, 0.29) is 23.6 Å². The Bertz CT molecular complexity index is 1130. The maximum absolute atomic E-state index is 13.1. The molecule has 0 aromatic heterocycles. The highest BCUT2D eigenvalue weighted by Crippen LogP contribution is 2.32. The number of nitrogens with two attached hydrogens (primary N) is 2. The largest absolute Gasteiger partial charge is 0.457 e. The van der Waals surface area contributed by atoms with Gasteiger partial charge < -0.3 is 21.5 Å². The summed E-state index contributed by atoms with van der Waals surface area (Å²) in [5.41, 5.74) is 13.8. The number of ether oxygens (including phenoxy) is 1. The van der Waals surface area contributed by atoms with Crippen LogP contribution in [0.4, 0.5) is 24.5 Å². The summed E-state index contributed by atoms with van der Waals surface area (Å²) >= 11 is 0. The lowest BCUT2D eigenvalue weighted by Gasteiger charge is -2.20. The summed E-state index contributed by atoms with van der Waals surface area (Å²) in [6.07, 6.45) is -4.49. The monoisotopic (exact) mass is 455 g/mol. The third-order valence-corrected chi connectivity index (χ3v) is 4.96. The highest BCUT2D eigenvalue weighted by molar-refractivity contribution is 5.91. The Kier molecular flexibility index (Phi) is 7.40. The van der Waals surface area contributed by atoms with Crippen LogP contribution >= 0.6 is 0 Å². The molecular weight excluding hydrogens is 431 g/mol. The van der Waals surface area contributed by atoms with E-state index in [0.29, 0.717) is 11.3 Å². The summed E-state index contributed by atoms with van der Waals surface area (Å²) in [7, 11) is 0. The second kappa shape index (κ2) is 10.2. The van der Waals surface area contributed by atoms with Crippen LogP contribution in [0, 0.1) is 0 Å². The summed E-state index contributed by atoms with van der Waals surface area (Å²) in [5, 5.41) is 2.87. The Hall–Kier alpha value is -3.78.